The lowest BCUT2D eigenvalue weighted by Gasteiger charge is -2.27. The molecule has 2 heterocycles. The van der Waals surface area contributed by atoms with Crippen LogP contribution in [0.25, 0.3) is 76.5 Å². The SMILES string of the molecule is CC(C)(C)c1cccc2c1oc1c(N(c3ccc(-c4ccccc4)cc3)c3cc4c5cc6ccccc6cc5oc4c4ccccc34)cccc12. The maximum absolute atomic E-state index is 7.00. The first-order valence-electron chi connectivity index (χ1n) is 17.6. The second-order valence-corrected chi connectivity index (χ2v) is 14.6. The van der Waals surface area contributed by atoms with E-state index >= 15 is 0 Å². The number of fused-ring (bicyclic) bond motifs is 9. The quantitative estimate of drug-likeness (QED) is 0.189. The van der Waals surface area contributed by atoms with Crippen LogP contribution < -0.4 is 4.90 Å². The zero-order chi connectivity index (χ0) is 34.3. The van der Waals surface area contributed by atoms with Gasteiger partial charge in [-0.2, -0.15) is 0 Å². The third-order valence-corrected chi connectivity index (χ3v) is 10.3. The van der Waals surface area contributed by atoms with E-state index in [0.29, 0.717) is 0 Å². The monoisotopic (exact) mass is 657 g/mol. The summed E-state index contributed by atoms with van der Waals surface area (Å²) in [5, 5.41) is 8.95. The number of nitrogens with zero attached hydrogens (tertiary/aromatic N) is 1. The molecule has 10 rings (SSSR count). The lowest BCUT2D eigenvalue weighted by molar-refractivity contribution is 0.573. The minimum absolute atomic E-state index is 0.0751. The first-order valence-corrected chi connectivity index (χ1v) is 17.6. The molecule has 10 aromatic rings. The topological polar surface area (TPSA) is 29.5 Å². The molecule has 0 N–H and O–H groups in total. The van der Waals surface area contributed by atoms with Crippen molar-refractivity contribution in [3.63, 3.8) is 0 Å². The Hall–Kier alpha value is -6.32. The number of hydrogen-bond acceptors (Lipinski definition) is 3. The Labute approximate surface area is 296 Å². The maximum Gasteiger partial charge on any atom is 0.159 e. The predicted molar refractivity (Wildman–Crippen MR) is 215 cm³/mol. The molecule has 0 amide bonds. The fourth-order valence-electron chi connectivity index (χ4n) is 7.86. The van der Waals surface area contributed by atoms with Gasteiger partial charge >= 0.3 is 0 Å². The molecule has 8 aromatic carbocycles. The van der Waals surface area contributed by atoms with Crippen LogP contribution in [-0.2, 0) is 5.41 Å². The first kappa shape index (κ1) is 29.6. The average molecular weight is 658 g/mol. The van der Waals surface area contributed by atoms with Crippen LogP contribution in [0.2, 0.25) is 0 Å². The fraction of sp³-hybridized carbons (Fsp3) is 0.0833. The van der Waals surface area contributed by atoms with Crippen molar-refractivity contribution in [1.29, 1.82) is 0 Å². The van der Waals surface area contributed by atoms with Gasteiger partial charge in [0.1, 0.15) is 16.7 Å². The smallest absolute Gasteiger partial charge is 0.159 e. The highest BCUT2D eigenvalue weighted by Crippen LogP contribution is 2.48. The van der Waals surface area contributed by atoms with Gasteiger partial charge in [-0.05, 0) is 63.7 Å². The number of para-hydroxylation sites is 2. The Balaban J connectivity index is 1.29. The summed E-state index contributed by atoms with van der Waals surface area (Å²) in [6.45, 7) is 6.74. The van der Waals surface area contributed by atoms with E-state index < -0.39 is 0 Å². The molecule has 3 nitrogen and oxygen atoms in total. The summed E-state index contributed by atoms with van der Waals surface area (Å²) in [5.74, 6) is 0. The summed E-state index contributed by atoms with van der Waals surface area (Å²) in [5.41, 5.74) is 10.2. The Kier molecular flexibility index (Phi) is 6.44. The highest BCUT2D eigenvalue weighted by atomic mass is 16.3. The molecule has 0 radical (unpaired) electrons. The van der Waals surface area contributed by atoms with Gasteiger partial charge in [-0.15, -0.1) is 0 Å². The zero-order valence-electron chi connectivity index (χ0n) is 28.8. The molecule has 244 valence electrons. The summed E-state index contributed by atoms with van der Waals surface area (Å²) in [4.78, 5) is 2.37. The summed E-state index contributed by atoms with van der Waals surface area (Å²) in [6.07, 6.45) is 0. The van der Waals surface area contributed by atoms with E-state index in [-0.39, 0.29) is 5.41 Å². The Morgan fingerprint density at radius 3 is 1.78 bits per heavy atom. The first-order chi connectivity index (χ1) is 24.9. The van der Waals surface area contributed by atoms with E-state index in [1.807, 2.05) is 0 Å². The van der Waals surface area contributed by atoms with Gasteiger partial charge in [0.25, 0.3) is 0 Å². The van der Waals surface area contributed by atoms with E-state index in [0.717, 1.165) is 71.7 Å². The molecule has 0 aliphatic heterocycles. The predicted octanol–water partition coefficient (Wildman–Crippen LogP) is 14.2. The van der Waals surface area contributed by atoms with Crippen LogP contribution in [-0.4, -0.2) is 0 Å². The van der Waals surface area contributed by atoms with Crippen LogP contribution in [0.3, 0.4) is 0 Å². The van der Waals surface area contributed by atoms with Crippen molar-refractivity contribution in [1.82, 2.24) is 0 Å². The van der Waals surface area contributed by atoms with E-state index in [1.54, 1.807) is 0 Å². The molecule has 0 fully saturated rings. The second kappa shape index (κ2) is 11.1. The molecular weight excluding hydrogens is 623 g/mol. The van der Waals surface area contributed by atoms with Crippen molar-refractivity contribution in [2.24, 2.45) is 0 Å². The second-order valence-electron chi connectivity index (χ2n) is 14.6. The Morgan fingerprint density at radius 1 is 0.412 bits per heavy atom. The van der Waals surface area contributed by atoms with Gasteiger partial charge in [0.2, 0.25) is 0 Å². The van der Waals surface area contributed by atoms with Crippen LogP contribution in [0.4, 0.5) is 17.1 Å². The third kappa shape index (κ3) is 4.65. The van der Waals surface area contributed by atoms with Crippen LogP contribution in [0.5, 0.6) is 0 Å². The molecular formula is C48H35NO2. The van der Waals surface area contributed by atoms with Crippen molar-refractivity contribution in [3.05, 3.63) is 163 Å². The van der Waals surface area contributed by atoms with Crippen molar-refractivity contribution in [2.75, 3.05) is 4.90 Å². The van der Waals surface area contributed by atoms with Gasteiger partial charge < -0.3 is 13.7 Å². The lowest BCUT2D eigenvalue weighted by Crippen LogP contribution is -2.11. The van der Waals surface area contributed by atoms with Gasteiger partial charge in [0.05, 0.1) is 11.4 Å². The number of anilines is 3. The summed E-state index contributed by atoms with van der Waals surface area (Å²) >= 11 is 0. The highest BCUT2D eigenvalue weighted by molar-refractivity contribution is 6.22. The zero-order valence-corrected chi connectivity index (χ0v) is 28.8. The third-order valence-electron chi connectivity index (χ3n) is 10.3. The highest BCUT2D eigenvalue weighted by Gasteiger charge is 2.26. The normalized spacial score (nSPS) is 12.2. The number of benzene rings is 8. The molecule has 0 bridgehead atoms. The van der Waals surface area contributed by atoms with Gasteiger partial charge in [0, 0.05) is 43.6 Å². The van der Waals surface area contributed by atoms with Gasteiger partial charge in [0.15, 0.2) is 5.58 Å². The van der Waals surface area contributed by atoms with Crippen molar-refractivity contribution < 1.29 is 8.83 Å². The molecule has 0 aliphatic rings. The summed E-state index contributed by atoms with van der Waals surface area (Å²) in [6, 6.07) is 56.3. The molecule has 0 atom stereocenters. The number of hydrogen-bond donors (Lipinski definition) is 0. The molecule has 51 heavy (non-hydrogen) atoms. The maximum atomic E-state index is 7.00. The molecule has 0 unspecified atom stereocenters. The van der Waals surface area contributed by atoms with Gasteiger partial charge in [-0.3, -0.25) is 0 Å². The van der Waals surface area contributed by atoms with E-state index in [2.05, 4.69) is 183 Å². The molecule has 0 saturated heterocycles. The minimum atomic E-state index is -0.0751. The van der Waals surface area contributed by atoms with Gasteiger partial charge in [-0.25, -0.2) is 0 Å². The van der Waals surface area contributed by atoms with Crippen molar-refractivity contribution >= 4 is 82.5 Å². The van der Waals surface area contributed by atoms with Crippen molar-refractivity contribution in [3.8, 4) is 11.1 Å². The van der Waals surface area contributed by atoms with Crippen LogP contribution in [0.15, 0.2) is 167 Å². The van der Waals surface area contributed by atoms with E-state index in [9.17, 15) is 0 Å². The van der Waals surface area contributed by atoms with Crippen LogP contribution in [0, 0.1) is 0 Å². The molecule has 0 aliphatic carbocycles. The van der Waals surface area contributed by atoms with Crippen LogP contribution in [0.1, 0.15) is 26.3 Å². The van der Waals surface area contributed by atoms with Gasteiger partial charge in [-0.1, -0.05) is 142 Å². The Bertz CT molecular complexity index is 2940. The lowest BCUT2D eigenvalue weighted by atomic mass is 9.86. The molecule has 0 saturated carbocycles. The van der Waals surface area contributed by atoms with E-state index in [4.69, 9.17) is 8.83 Å². The number of furan rings is 2. The molecule has 3 heteroatoms. The summed E-state index contributed by atoms with van der Waals surface area (Å²) < 4.78 is 13.7. The Morgan fingerprint density at radius 2 is 1.02 bits per heavy atom. The number of rotatable bonds is 4. The van der Waals surface area contributed by atoms with E-state index in [1.165, 1.54) is 27.5 Å². The fourth-order valence-corrected chi connectivity index (χ4v) is 7.86. The largest absolute Gasteiger partial charge is 0.455 e. The molecule has 0 spiro atoms. The minimum Gasteiger partial charge on any atom is -0.455 e. The average Bonchev–Trinajstić information content (AvgIpc) is 3.73. The molecule has 2 aromatic heterocycles. The van der Waals surface area contributed by atoms with Crippen molar-refractivity contribution in [2.45, 2.75) is 26.2 Å². The van der Waals surface area contributed by atoms with Crippen LogP contribution >= 0.6 is 0 Å². The standard InChI is InChI=1S/C48H35NO2/c1-48(2,3)41-21-11-19-37-38-20-12-22-42(47(38)51-46(37)41)49(34-25-23-31(24-26-34)30-13-5-4-6-14-30)43-29-40-39-27-32-15-7-8-16-33(32)28-44(39)50-45(40)36-18-10-9-17-35(36)43/h4-29H,1-3H3. The summed E-state index contributed by atoms with van der Waals surface area (Å²) in [7, 11) is 0.